The van der Waals surface area contributed by atoms with E-state index in [1.807, 2.05) is 31.7 Å². The Hall–Kier alpha value is -1.88. The number of benzene rings is 1. The van der Waals surface area contributed by atoms with Crippen molar-refractivity contribution in [1.29, 1.82) is 0 Å². The van der Waals surface area contributed by atoms with Crippen LogP contribution in [0.25, 0.3) is 10.4 Å². The number of nitrogens with zero attached hydrogens (tertiary/aromatic N) is 1. The van der Waals surface area contributed by atoms with Gasteiger partial charge in [-0.15, -0.1) is 11.3 Å². The zero-order valence-electron chi connectivity index (χ0n) is 15.6. The molecule has 1 amide bonds. The first-order valence-corrected chi connectivity index (χ1v) is 9.99. The average Bonchev–Trinajstić information content (AvgIpc) is 3.02. The van der Waals surface area contributed by atoms with Crippen LogP contribution in [0.4, 0.5) is 9.18 Å². The number of amides is 1. The van der Waals surface area contributed by atoms with E-state index in [-0.39, 0.29) is 11.9 Å². The molecule has 1 aromatic carbocycles. The molecule has 1 aliphatic rings. The summed E-state index contributed by atoms with van der Waals surface area (Å²) in [6.07, 6.45) is 2.84. The molecule has 3 nitrogen and oxygen atoms in total. The number of likely N-dealkylation sites (tertiary alicyclic amines) is 1. The number of hydrogen-bond donors (Lipinski definition) is 0. The highest BCUT2D eigenvalue weighted by atomic mass is 32.1. The summed E-state index contributed by atoms with van der Waals surface area (Å²) in [5, 5.41) is 2.15. The van der Waals surface area contributed by atoms with Crippen molar-refractivity contribution in [3.63, 3.8) is 0 Å². The Kier molecular flexibility index (Phi) is 5.66. The number of rotatable bonds is 3. The Morgan fingerprint density at radius 1 is 1.35 bits per heavy atom. The van der Waals surface area contributed by atoms with Crippen LogP contribution in [0.3, 0.4) is 0 Å². The Morgan fingerprint density at radius 2 is 2.15 bits per heavy atom. The van der Waals surface area contributed by atoms with E-state index in [1.165, 1.54) is 11.6 Å². The van der Waals surface area contributed by atoms with Gasteiger partial charge in [-0.05, 0) is 80.7 Å². The summed E-state index contributed by atoms with van der Waals surface area (Å²) in [6, 6.07) is 8.85. The van der Waals surface area contributed by atoms with E-state index in [2.05, 4.69) is 11.4 Å². The van der Waals surface area contributed by atoms with Gasteiger partial charge in [0.05, 0.1) is 0 Å². The third-order valence-corrected chi connectivity index (χ3v) is 5.49. The second kappa shape index (κ2) is 7.78. The molecule has 5 heteroatoms. The topological polar surface area (TPSA) is 29.5 Å². The highest BCUT2D eigenvalue weighted by Crippen LogP contribution is 2.30. The van der Waals surface area contributed by atoms with Crippen LogP contribution in [-0.2, 0) is 11.2 Å². The third-order valence-electron chi connectivity index (χ3n) is 4.46. The molecule has 3 rings (SSSR count). The predicted molar refractivity (Wildman–Crippen MR) is 104 cm³/mol. The molecule has 0 aliphatic carbocycles. The molecular formula is C21H26FNO2S. The number of carbonyl (C=O) groups is 1. The predicted octanol–water partition coefficient (Wildman–Crippen LogP) is 5.74. The maximum Gasteiger partial charge on any atom is 0.410 e. The Bertz CT molecular complexity index is 765. The lowest BCUT2D eigenvalue weighted by atomic mass is 9.92. The minimum atomic E-state index is -0.461. The van der Waals surface area contributed by atoms with Crippen LogP contribution in [0.2, 0.25) is 0 Å². The highest BCUT2D eigenvalue weighted by molar-refractivity contribution is 7.13. The van der Waals surface area contributed by atoms with Gasteiger partial charge in [0.2, 0.25) is 0 Å². The number of piperidine rings is 1. The minimum Gasteiger partial charge on any atom is -0.444 e. The molecule has 0 spiro atoms. The van der Waals surface area contributed by atoms with Crippen LogP contribution < -0.4 is 0 Å². The number of carbonyl (C=O) groups excluding carboxylic acids is 1. The second-order valence-corrected chi connectivity index (χ2v) is 8.88. The summed E-state index contributed by atoms with van der Waals surface area (Å²) < 4.78 is 18.9. The SMILES string of the molecule is CC(C)(C)OC(=O)N1CCCC(Cc2csc(-c3cccc(F)c3)c2)C1. The van der Waals surface area contributed by atoms with E-state index in [0.717, 1.165) is 42.8 Å². The quantitative estimate of drug-likeness (QED) is 0.684. The lowest BCUT2D eigenvalue weighted by molar-refractivity contribution is 0.0166. The van der Waals surface area contributed by atoms with Crippen molar-refractivity contribution in [3.05, 3.63) is 47.1 Å². The molecule has 1 aromatic heterocycles. The first kappa shape index (κ1) is 18.9. The van der Waals surface area contributed by atoms with Gasteiger partial charge in [-0.3, -0.25) is 0 Å². The van der Waals surface area contributed by atoms with Crippen molar-refractivity contribution in [2.24, 2.45) is 5.92 Å². The normalized spacial score (nSPS) is 18.0. The van der Waals surface area contributed by atoms with Crippen molar-refractivity contribution in [1.82, 2.24) is 4.90 Å². The van der Waals surface area contributed by atoms with Crippen molar-refractivity contribution in [2.75, 3.05) is 13.1 Å². The van der Waals surface area contributed by atoms with Crippen LogP contribution in [0.5, 0.6) is 0 Å². The lowest BCUT2D eigenvalue weighted by Gasteiger charge is -2.34. The molecule has 140 valence electrons. The zero-order chi connectivity index (χ0) is 18.7. The zero-order valence-corrected chi connectivity index (χ0v) is 16.4. The average molecular weight is 376 g/mol. The maximum atomic E-state index is 13.4. The van der Waals surface area contributed by atoms with E-state index in [0.29, 0.717) is 5.92 Å². The van der Waals surface area contributed by atoms with Gasteiger partial charge in [-0.25, -0.2) is 9.18 Å². The molecule has 1 saturated heterocycles. The monoisotopic (exact) mass is 375 g/mol. The van der Waals surface area contributed by atoms with Crippen LogP contribution in [-0.4, -0.2) is 29.7 Å². The third kappa shape index (κ3) is 5.07. The first-order valence-electron chi connectivity index (χ1n) is 9.11. The minimum absolute atomic E-state index is 0.210. The molecule has 1 fully saturated rings. The van der Waals surface area contributed by atoms with E-state index >= 15 is 0 Å². The maximum absolute atomic E-state index is 13.4. The van der Waals surface area contributed by atoms with Gasteiger partial charge in [0.25, 0.3) is 0 Å². The fourth-order valence-corrected chi connectivity index (χ4v) is 4.26. The molecular weight excluding hydrogens is 349 g/mol. The summed E-state index contributed by atoms with van der Waals surface area (Å²) in [7, 11) is 0. The lowest BCUT2D eigenvalue weighted by Crippen LogP contribution is -2.43. The fraction of sp³-hybridized carbons (Fsp3) is 0.476. The molecule has 1 aliphatic heterocycles. The van der Waals surface area contributed by atoms with E-state index in [9.17, 15) is 9.18 Å². The summed E-state index contributed by atoms with van der Waals surface area (Å²) in [5.74, 6) is 0.226. The van der Waals surface area contributed by atoms with Crippen molar-refractivity contribution in [3.8, 4) is 10.4 Å². The second-order valence-electron chi connectivity index (χ2n) is 7.97. The molecule has 1 unspecified atom stereocenters. The molecule has 0 N–H and O–H groups in total. The van der Waals surface area contributed by atoms with Crippen LogP contribution >= 0.6 is 11.3 Å². The van der Waals surface area contributed by atoms with E-state index < -0.39 is 5.60 Å². The largest absolute Gasteiger partial charge is 0.444 e. The number of halogens is 1. The van der Waals surface area contributed by atoms with E-state index in [4.69, 9.17) is 4.74 Å². The molecule has 0 bridgehead atoms. The summed E-state index contributed by atoms with van der Waals surface area (Å²) in [5.41, 5.74) is 1.71. The van der Waals surface area contributed by atoms with Gasteiger partial charge in [-0.2, -0.15) is 0 Å². The summed E-state index contributed by atoms with van der Waals surface area (Å²) in [4.78, 5) is 15.2. The van der Waals surface area contributed by atoms with Gasteiger partial charge in [0.15, 0.2) is 0 Å². The van der Waals surface area contributed by atoms with Gasteiger partial charge in [0, 0.05) is 18.0 Å². The van der Waals surface area contributed by atoms with Gasteiger partial charge < -0.3 is 9.64 Å². The highest BCUT2D eigenvalue weighted by Gasteiger charge is 2.27. The number of thiophene rings is 1. The van der Waals surface area contributed by atoms with Gasteiger partial charge in [0.1, 0.15) is 11.4 Å². The fourth-order valence-electron chi connectivity index (χ4n) is 3.33. The van der Waals surface area contributed by atoms with Crippen LogP contribution in [0, 0.1) is 11.7 Å². The Labute approximate surface area is 158 Å². The van der Waals surface area contributed by atoms with Crippen LogP contribution in [0.15, 0.2) is 35.7 Å². The molecule has 1 atom stereocenters. The molecule has 2 heterocycles. The van der Waals surface area contributed by atoms with Gasteiger partial charge >= 0.3 is 6.09 Å². The molecule has 0 radical (unpaired) electrons. The van der Waals surface area contributed by atoms with Crippen LogP contribution in [0.1, 0.15) is 39.2 Å². The van der Waals surface area contributed by atoms with Crippen molar-refractivity contribution in [2.45, 2.75) is 45.6 Å². The number of hydrogen-bond acceptors (Lipinski definition) is 3. The number of ether oxygens (including phenoxy) is 1. The standard InChI is InChI=1S/C21H26FNO2S/c1-21(2,3)25-20(24)23-9-5-6-15(13-23)10-16-11-19(26-14-16)17-7-4-8-18(22)12-17/h4,7-8,11-12,14-15H,5-6,9-10,13H2,1-3H3. The van der Waals surface area contributed by atoms with Gasteiger partial charge in [-0.1, -0.05) is 12.1 Å². The molecule has 26 heavy (non-hydrogen) atoms. The van der Waals surface area contributed by atoms with E-state index in [1.54, 1.807) is 23.5 Å². The Morgan fingerprint density at radius 3 is 2.88 bits per heavy atom. The Balaban J connectivity index is 1.61. The van der Waals surface area contributed by atoms with Crippen molar-refractivity contribution >= 4 is 17.4 Å². The first-order chi connectivity index (χ1) is 12.3. The summed E-state index contributed by atoms with van der Waals surface area (Å²) >= 11 is 1.64. The van der Waals surface area contributed by atoms with Crippen molar-refractivity contribution < 1.29 is 13.9 Å². The summed E-state index contributed by atoms with van der Waals surface area (Å²) in [6.45, 7) is 7.19. The smallest absolute Gasteiger partial charge is 0.410 e. The molecule has 2 aromatic rings. The molecule has 0 saturated carbocycles.